The Balaban J connectivity index is 1.50. The van der Waals surface area contributed by atoms with Gasteiger partial charge in [0.2, 0.25) is 0 Å². The number of aryl methyl sites for hydroxylation is 1. The van der Waals surface area contributed by atoms with Gasteiger partial charge in [-0.05, 0) is 81.4 Å². The van der Waals surface area contributed by atoms with Gasteiger partial charge >= 0.3 is 0 Å². The lowest BCUT2D eigenvalue weighted by Crippen LogP contribution is -2.47. The van der Waals surface area contributed by atoms with Gasteiger partial charge in [0.15, 0.2) is 5.17 Å². The molecular formula is C28H30N4O3S. The summed E-state index contributed by atoms with van der Waals surface area (Å²) in [6.07, 6.45) is 4.07. The second kappa shape index (κ2) is 10.3. The van der Waals surface area contributed by atoms with E-state index >= 15 is 0 Å². The van der Waals surface area contributed by atoms with Crippen LogP contribution in [-0.2, 0) is 9.53 Å². The maximum atomic E-state index is 12.9. The maximum absolute atomic E-state index is 12.9. The molecule has 0 spiro atoms. The van der Waals surface area contributed by atoms with Crippen LogP contribution in [-0.4, -0.2) is 57.7 Å². The molecule has 3 heterocycles. The third-order valence-corrected chi connectivity index (χ3v) is 7.14. The first-order valence-corrected chi connectivity index (χ1v) is 13.0. The number of carbonyl (C=O) groups is 1. The van der Waals surface area contributed by atoms with Gasteiger partial charge in [-0.15, -0.1) is 0 Å². The molecule has 0 saturated carbocycles. The molecule has 2 atom stereocenters. The van der Waals surface area contributed by atoms with Crippen molar-refractivity contribution >= 4 is 28.9 Å². The van der Waals surface area contributed by atoms with E-state index in [-0.39, 0.29) is 18.1 Å². The number of para-hydroxylation sites is 1. The van der Waals surface area contributed by atoms with Gasteiger partial charge in [0.05, 0.1) is 29.4 Å². The van der Waals surface area contributed by atoms with Gasteiger partial charge < -0.3 is 14.4 Å². The highest BCUT2D eigenvalue weighted by atomic mass is 32.2. The van der Waals surface area contributed by atoms with Crippen LogP contribution in [0.3, 0.4) is 0 Å². The van der Waals surface area contributed by atoms with Crippen LogP contribution in [0, 0.1) is 6.92 Å². The van der Waals surface area contributed by atoms with E-state index in [0.717, 1.165) is 52.1 Å². The van der Waals surface area contributed by atoms with Crippen LogP contribution in [0.25, 0.3) is 23.0 Å². The number of morpholine rings is 1. The number of benzene rings is 2. The zero-order chi connectivity index (χ0) is 25.2. The number of carbonyl (C=O) groups excluding carboxylic acids is 1. The third-order valence-electron chi connectivity index (χ3n) is 6.10. The van der Waals surface area contributed by atoms with Gasteiger partial charge in [-0.3, -0.25) is 4.79 Å². The lowest BCUT2D eigenvalue weighted by Gasteiger charge is -2.35. The Morgan fingerprint density at radius 3 is 2.58 bits per heavy atom. The molecule has 8 heteroatoms. The lowest BCUT2D eigenvalue weighted by atomic mass is 10.0. The smallest absolute Gasteiger partial charge is 0.286 e. The molecule has 0 N–H and O–H groups in total. The molecule has 0 bridgehead atoms. The first-order chi connectivity index (χ1) is 17.4. The van der Waals surface area contributed by atoms with Crippen molar-refractivity contribution < 1.29 is 14.3 Å². The van der Waals surface area contributed by atoms with Crippen molar-refractivity contribution in [3.05, 3.63) is 70.8 Å². The fourth-order valence-corrected chi connectivity index (χ4v) is 5.48. The highest BCUT2D eigenvalue weighted by Gasteiger charge is 2.31. The van der Waals surface area contributed by atoms with E-state index in [1.54, 1.807) is 0 Å². The predicted octanol–water partition coefficient (Wildman–Crippen LogP) is 5.33. The Bertz CT molecular complexity index is 1320. The maximum Gasteiger partial charge on any atom is 0.286 e. The van der Waals surface area contributed by atoms with E-state index in [2.05, 4.69) is 16.0 Å². The summed E-state index contributed by atoms with van der Waals surface area (Å²) in [6, 6.07) is 16.0. The minimum absolute atomic E-state index is 0.0961. The number of thioether (sulfide) groups is 1. The van der Waals surface area contributed by atoms with E-state index in [1.807, 2.05) is 87.1 Å². The standard InChI is InChI=1S/C28H30N4O3S/c1-5-34-24-12-11-21(13-18(24)2)26-22(17-32(30-26)23-9-7-6-8-10-23)14-25-27(33)29-28(36-25)31-15-19(3)35-20(4)16-31/h6-14,17,19-20H,5,15-16H2,1-4H3/b25-14+/t19-,20-/m1/s1. The molecule has 2 aromatic carbocycles. The van der Waals surface area contributed by atoms with E-state index in [0.29, 0.717) is 11.5 Å². The lowest BCUT2D eigenvalue weighted by molar-refractivity contribution is -0.113. The van der Waals surface area contributed by atoms with Crippen LogP contribution < -0.4 is 4.74 Å². The van der Waals surface area contributed by atoms with Gasteiger partial charge in [-0.1, -0.05) is 18.2 Å². The fraction of sp³-hybridized carbons (Fsp3) is 0.321. The Morgan fingerprint density at radius 2 is 1.89 bits per heavy atom. The topological polar surface area (TPSA) is 68.9 Å². The minimum atomic E-state index is -0.219. The van der Waals surface area contributed by atoms with E-state index in [4.69, 9.17) is 14.6 Å². The van der Waals surface area contributed by atoms with Crippen LogP contribution in [0.1, 0.15) is 31.9 Å². The van der Waals surface area contributed by atoms with Crippen molar-refractivity contribution in [2.24, 2.45) is 4.99 Å². The molecule has 1 saturated heterocycles. The van der Waals surface area contributed by atoms with E-state index < -0.39 is 0 Å². The molecule has 1 aromatic heterocycles. The average molecular weight is 503 g/mol. The zero-order valence-electron chi connectivity index (χ0n) is 21.0. The van der Waals surface area contributed by atoms with Crippen LogP contribution in [0.5, 0.6) is 5.75 Å². The molecule has 0 radical (unpaired) electrons. The molecule has 186 valence electrons. The summed E-state index contributed by atoms with van der Waals surface area (Å²) < 4.78 is 13.4. The van der Waals surface area contributed by atoms with Crippen molar-refractivity contribution in [3.63, 3.8) is 0 Å². The minimum Gasteiger partial charge on any atom is -0.494 e. The van der Waals surface area contributed by atoms with E-state index in [9.17, 15) is 4.79 Å². The van der Waals surface area contributed by atoms with Gasteiger partial charge in [0.25, 0.3) is 5.91 Å². The van der Waals surface area contributed by atoms with Crippen LogP contribution >= 0.6 is 11.8 Å². The molecule has 36 heavy (non-hydrogen) atoms. The molecule has 2 aliphatic rings. The van der Waals surface area contributed by atoms with Gasteiger partial charge in [0, 0.05) is 30.4 Å². The van der Waals surface area contributed by atoms with Crippen LogP contribution in [0.2, 0.25) is 0 Å². The quantitative estimate of drug-likeness (QED) is 0.440. The molecule has 5 rings (SSSR count). The average Bonchev–Trinajstić information content (AvgIpc) is 3.44. The summed E-state index contributed by atoms with van der Waals surface area (Å²) in [6.45, 7) is 10.2. The highest BCUT2D eigenvalue weighted by molar-refractivity contribution is 8.18. The molecule has 1 fully saturated rings. The largest absolute Gasteiger partial charge is 0.494 e. The molecule has 3 aromatic rings. The molecule has 2 aliphatic heterocycles. The van der Waals surface area contributed by atoms with Crippen molar-refractivity contribution in [2.45, 2.75) is 39.9 Å². The number of ether oxygens (including phenoxy) is 2. The second-order valence-electron chi connectivity index (χ2n) is 9.10. The van der Waals surface area contributed by atoms with Crippen LogP contribution in [0.15, 0.2) is 64.6 Å². The Hall–Kier alpha value is -3.36. The van der Waals surface area contributed by atoms with Crippen molar-refractivity contribution in [1.82, 2.24) is 14.7 Å². The Labute approximate surface area is 215 Å². The predicted molar refractivity (Wildman–Crippen MR) is 144 cm³/mol. The normalized spacial score (nSPS) is 21.2. The fourth-order valence-electron chi connectivity index (χ4n) is 4.55. The number of aliphatic imine (C=N–C) groups is 1. The summed E-state index contributed by atoms with van der Waals surface area (Å²) in [5, 5.41) is 5.65. The molecule has 0 unspecified atom stereocenters. The van der Waals surface area contributed by atoms with Gasteiger partial charge in [0.1, 0.15) is 11.4 Å². The molecular weight excluding hydrogens is 472 g/mol. The van der Waals surface area contributed by atoms with Gasteiger partial charge in [-0.25, -0.2) is 4.68 Å². The number of amidine groups is 1. The number of hydrogen-bond donors (Lipinski definition) is 0. The number of amides is 1. The molecule has 7 nitrogen and oxygen atoms in total. The molecule has 1 amide bonds. The number of aromatic nitrogens is 2. The van der Waals surface area contributed by atoms with Crippen molar-refractivity contribution in [3.8, 4) is 22.7 Å². The van der Waals surface area contributed by atoms with E-state index in [1.165, 1.54) is 11.8 Å². The number of nitrogens with zero attached hydrogens (tertiary/aromatic N) is 4. The summed E-state index contributed by atoms with van der Waals surface area (Å²) in [5.74, 6) is 0.639. The summed E-state index contributed by atoms with van der Waals surface area (Å²) >= 11 is 1.42. The highest BCUT2D eigenvalue weighted by Crippen LogP contribution is 2.35. The summed E-state index contributed by atoms with van der Waals surface area (Å²) in [7, 11) is 0. The Kier molecular flexibility index (Phi) is 6.98. The summed E-state index contributed by atoms with van der Waals surface area (Å²) in [4.78, 5) is 20.0. The second-order valence-corrected chi connectivity index (χ2v) is 10.1. The van der Waals surface area contributed by atoms with Crippen molar-refractivity contribution in [2.75, 3.05) is 19.7 Å². The summed E-state index contributed by atoms with van der Waals surface area (Å²) in [5.41, 5.74) is 4.61. The Morgan fingerprint density at radius 1 is 1.14 bits per heavy atom. The number of rotatable bonds is 5. The molecule has 0 aliphatic carbocycles. The monoisotopic (exact) mass is 502 g/mol. The first-order valence-electron chi connectivity index (χ1n) is 12.2. The number of hydrogen-bond acceptors (Lipinski definition) is 6. The van der Waals surface area contributed by atoms with Gasteiger partial charge in [-0.2, -0.15) is 10.1 Å². The van der Waals surface area contributed by atoms with Crippen LogP contribution in [0.4, 0.5) is 0 Å². The first kappa shape index (κ1) is 24.3. The zero-order valence-corrected chi connectivity index (χ0v) is 21.8. The van der Waals surface area contributed by atoms with Crippen molar-refractivity contribution in [1.29, 1.82) is 0 Å². The third kappa shape index (κ3) is 5.10. The SMILES string of the molecule is CCOc1ccc(-c2nn(-c3ccccc3)cc2/C=C2/SC(N3C[C@@H](C)O[C@H](C)C3)=NC2=O)cc1C.